The molecule has 3 rings (SSSR count). The van der Waals surface area contributed by atoms with Crippen molar-refractivity contribution in [3.05, 3.63) is 66.7 Å². The summed E-state index contributed by atoms with van der Waals surface area (Å²) in [6, 6.07) is 14.2. The number of nitrogens with zero attached hydrogens (tertiary/aromatic N) is 3. The van der Waals surface area contributed by atoms with Crippen LogP contribution in [0.15, 0.2) is 66.1 Å². The minimum atomic E-state index is -3.64. The Labute approximate surface area is 185 Å². The van der Waals surface area contributed by atoms with Crippen molar-refractivity contribution in [2.24, 2.45) is 0 Å². The molecule has 0 unspecified atom stereocenters. The predicted molar refractivity (Wildman–Crippen MR) is 125 cm³/mol. The van der Waals surface area contributed by atoms with Gasteiger partial charge >= 0.3 is 0 Å². The SMILES string of the molecule is C=CC(=O)Nc1ccc(S(=O)(=O)N(C)Cc2ccc(N3CCCN(C)CC3)cc2)cc1. The molecule has 31 heavy (non-hydrogen) atoms. The van der Waals surface area contributed by atoms with E-state index in [4.69, 9.17) is 0 Å². The Kier molecular flexibility index (Phi) is 7.48. The van der Waals surface area contributed by atoms with Gasteiger partial charge in [-0.25, -0.2) is 8.42 Å². The van der Waals surface area contributed by atoms with Crippen molar-refractivity contribution in [3.8, 4) is 0 Å². The Balaban J connectivity index is 1.65. The summed E-state index contributed by atoms with van der Waals surface area (Å²) in [5, 5.41) is 2.61. The van der Waals surface area contributed by atoms with Crippen molar-refractivity contribution in [3.63, 3.8) is 0 Å². The van der Waals surface area contributed by atoms with Gasteiger partial charge in [0.25, 0.3) is 0 Å². The Morgan fingerprint density at radius 2 is 1.74 bits per heavy atom. The molecule has 1 fully saturated rings. The molecule has 166 valence electrons. The molecular weight excluding hydrogens is 412 g/mol. The van der Waals surface area contributed by atoms with E-state index < -0.39 is 10.0 Å². The highest BCUT2D eigenvalue weighted by Crippen LogP contribution is 2.21. The van der Waals surface area contributed by atoms with Crippen LogP contribution in [-0.4, -0.2) is 63.8 Å². The lowest BCUT2D eigenvalue weighted by atomic mass is 10.2. The highest BCUT2D eigenvalue weighted by Gasteiger charge is 2.21. The van der Waals surface area contributed by atoms with Gasteiger partial charge in [-0.05, 0) is 68.1 Å². The highest BCUT2D eigenvalue weighted by atomic mass is 32.2. The fourth-order valence-electron chi connectivity index (χ4n) is 3.54. The fourth-order valence-corrected chi connectivity index (χ4v) is 4.70. The van der Waals surface area contributed by atoms with E-state index >= 15 is 0 Å². The lowest BCUT2D eigenvalue weighted by molar-refractivity contribution is -0.111. The first-order valence-corrected chi connectivity index (χ1v) is 11.8. The minimum absolute atomic E-state index is 0.178. The molecule has 2 aromatic carbocycles. The summed E-state index contributed by atoms with van der Waals surface area (Å²) in [5.74, 6) is -0.344. The van der Waals surface area contributed by atoms with Crippen LogP contribution in [-0.2, 0) is 21.4 Å². The molecule has 0 bridgehead atoms. The number of hydrogen-bond acceptors (Lipinski definition) is 5. The largest absolute Gasteiger partial charge is 0.370 e. The molecule has 7 nitrogen and oxygen atoms in total. The molecular formula is C23H30N4O3S. The normalized spacial score (nSPS) is 15.5. The Bertz CT molecular complexity index is 1000. The molecule has 2 aromatic rings. The van der Waals surface area contributed by atoms with Crippen molar-refractivity contribution < 1.29 is 13.2 Å². The first-order valence-electron chi connectivity index (χ1n) is 10.3. The maximum Gasteiger partial charge on any atom is 0.247 e. The van der Waals surface area contributed by atoms with Gasteiger partial charge in [-0.2, -0.15) is 4.31 Å². The molecule has 1 aliphatic rings. The van der Waals surface area contributed by atoms with Crippen LogP contribution in [0.3, 0.4) is 0 Å². The van der Waals surface area contributed by atoms with Crippen LogP contribution < -0.4 is 10.2 Å². The van der Waals surface area contributed by atoms with Crippen molar-refractivity contribution >= 4 is 27.3 Å². The van der Waals surface area contributed by atoms with Crippen LogP contribution in [0, 0.1) is 0 Å². The van der Waals surface area contributed by atoms with Gasteiger partial charge in [0, 0.05) is 44.6 Å². The molecule has 0 aromatic heterocycles. The second kappa shape index (κ2) is 10.1. The quantitative estimate of drug-likeness (QED) is 0.668. The van der Waals surface area contributed by atoms with Crippen LogP contribution in [0.5, 0.6) is 0 Å². The summed E-state index contributed by atoms with van der Waals surface area (Å²) in [6.45, 7) is 7.85. The zero-order valence-corrected chi connectivity index (χ0v) is 18.9. The topological polar surface area (TPSA) is 73.0 Å². The number of amides is 1. The van der Waals surface area contributed by atoms with Gasteiger partial charge in [0.1, 0.15) is 0 Å². The molecule has 0 saturated carbocycles. The third kappa shape index (κ3) is 5.94. The maximum atomic E-state index is 12.9. The van der Waals surface area contributed by atoms with E-state index in [2.05, 4.69) is 40.9 Å². The number of nitrogens with one attached hydrogen (secondary N) is 1. The monoisotopic (exact) mass is 442 g/mol. The van der Waals surface area contributed by atoms with Gasteiger partial charge < -0.3 is 15.1 Å². The van der Waals surface area contributed by atoms with Crippen molar-refractivity contribution in [2.75, 3.05) is 50.5 Å². The Morgan fingerprint density at radius 1 is 1.06 bits per heavy atom. The highest BCUT2D eigenvalue weighted by molar-refractivity contribution is 7.89. The second-order valence-electron chi connectivity index (χ2n) is 7.79. The van der Waals surface area contributed by atoms with Gasteiger partial charge in [-0.15, -0.1) is 0 Å². The third-order valence-electron chi connectivity index (χ3n) is 5.44. The van der Waals surface area contributed by atoms with Gasteiger partial charge in [0.2, 0.25) is 15.9 Å². The number of rotatable bonds is 7. The van der Waals surface area contributed by atoms with Crippen molar-refractivity contribution in [1.29, 1.82) is 0 Å². The molecule has 1 aliphatic heterocycles. The molecule has 1 saturated heterocycles. The average Bonchev–Trinajstić information content (AvgIpc) is 2.99. The summed E-state index contributed by atoms with van der Waals surface area (Å²) in [7, 11) is 0.0723. The summed E-state index contributed by atoms with van der Waals surface area (Å²) in [5.41, 5.74) is 2.61. The van der Waals surface area contributed by atoms with Gasteiger partial charge in [-0.1, -0.05) is 18.7 Å². The molecule has 1 amide bonds. The van der Waals surface area contributed by atoms with E-state index in [9.17, 15) is 13.2 Å². The number of benzene rings is 2. The van der Waals surface area contributed by atoms with E-state index in [0.717, 1.165) is 44.2 Å². The summed E-state index contributed by atoms with van der Waals surface area (Å²) >= 11 is 0. The smallest absolute Gasteiger partial charge is 0.247 e. The number of hydrogen-bond donors (Lipinski definition) is 1. The Morgan fingerprint density at radius 3 is 2.39 bits per heavy atom. The third-order valence-corrected chi connectivity index (χ3v) is 7.26. The zero-order valence-electron chi connectivity index (χ0n) is 18.1. The molecule has 1 N–H and O–H groups in total. The molecule has 0 spiro atoms. The lowest BCUT2D eigenvalue weighted by Gasteiger charge is -2.23. The average molecular weight is 443 g/mol. The molecule has 0 aliphatic carbocycles. The number of carbonyl (C=O) groups excluding carboxylic acids is 1. The van der Waals surface area contributed by atoms with Crippen LogP contribution in [0.1, 0.15) is 12.0 Å². The van der Waals surface area contributed by atoms with E-state index in [0.29, 0.717) is 5.69 Å². The van der Waals surface area contributed by atoms with E-state index in [1.807, 2.05) is 12.1 Å². The van der Waals surface area contributed by atoms with E-state index in [-0.39, 0.29) is 17.3 Å². The predicted octanol–water partition coefficient (Wildman–Crippen LogP) is 2.77. The summed E-state index contributed by atoms with van der Waals surface area (Å²) < 4.78 is 27.2. The van der Waals surface area contributed by atoms with Gasteiger partial charge in [-0.3, -0.25) is 4.79 Å². The lowest BCUT2D eigenvalue weighted by Crippen LogP contribution is -2.29. The summed E-state index contributed by atoms with van der Waals surface area (Å²) in [4.78, 5) is 16.3. The van der Waals surface area contributed by atoms with E-state index in [1.165, 1.54) is 22.1 Å². The molecule has 0 atom stereocenters. The zero-order chi connectivity index (χ0) is 22.4. The van der Waals surface area contributed by atoms with Crippen molar-refractivity contribution in [2.45, 2.75) is 17.9 Å². The first kappa shape index (κ1) is 23.0. The number of sulfonamides is 1. The number of anilines is 2. The summed E-state index contributed by atoms with van der Waals surface area (Å²) in [6.07, 6.45) is 2.30. The van der Waals surface area contributed by atoms with Crippen LogP contribution in [0.2, 0.25) is 0 Å². The maximum absolute atomic E-state index is 12.9. The Hall–Kier alpha value is -2.68. The van der Waals surface area contributed by atoms with Crippen LogP contribution in [0.25, 0.3) is 0 Å². The van der Waals surface area contributed by atoms with Gasteiger partial charge in [0.05, 0.1) is 4.90 Å². The first-order chi connectivity index (χ1) is 14.8. The minimum Gasteiger partial charge on any atom is -0.370 e. The molecule has 1 heterocycles. The van der Waals surface area contributed by atoms with Crippen molar-refractivity contribution in [1.82, 2.24) is 9.21 Å². The standard InChI is InChI=1S/C23H30N4O3S/c1-4-23(28)24-20-8-12-22(13-9-20)31(29,30)26(3)18-19-6-10-21(11-7-19)27-15-5-14-25(2)16-17-27/h4,6-13H,1,5,14-18H2,2-3H3,(H,24,28). The van der Waals surface area contributed by atoms with Gasteiger partial charge in [0.15, 0.2) is 0 Å². The number of carbonyl (C=O) groups is 1. The molecule has 8 heteroatoms. The molecule has 0 radical (unpaired) electrons. The fraction of sp³-hybridized carbons (Fsp3) is 0.348. The number of likely N-dealkylation sites (N-methyl/N-ethyl adjacent to an activating group) is 1. The van der Waals surface area contributed by atoms with E-state index in [1.54, 1.807) is 19.2 Å². The van der Waals surface area contributed by atoms with Crippen LogP contribution >= 0.6 is 0 Å². The second-order valence-corrected chi connectivity index (χ2v) is 9.83. The van der Waals surface area contributed by atoms with Crippen LogP contribution in [0.4, 0.5) is 11.4 Å².